The van der Waals surface area contributed by atoms with Crippen molar-refractivity contribution in [2.45, 2.75) is 31.7 Å². The van der Waals surface area contributed by atoms with E-state index in [1.54, 1.807) is 34.9 Å². The highest BCUT2D eigenvalue weighted by Gasteiger charge is 2.18. The van der Waals surface area contributed by atoms with Crippen LogP contribution in [0.4, 0.5) is 0 Å². The van der Waals surface area contributed by atoms with Crippen molar-refractivity contribution in [1.29, 1.82) is 0 Å². The molecule has 2 aromatic heterocycles. The van der Waals surface area contributed by atoms with Crippen molar-refractivity contribution < 1.29 is 9.53 Å². The first-order valence-electron chi connectivity index (χ1n) is 10.6. The summed E-state index contributed by atoms with van der Waals surface area (Å²) in [7, 11) is 0. The molecule has 168 valence electrons. The zero-order chi connectivity index (χ0) is 23.4. The summed E-state index contributed by atoms with van der Waals surface area (Å²) in [5.41, 5.74) is 2.33. The normalized spacial score (nSPS) is 11.1. The van der Waals surface area contributed by atoms with Crippen LogP contribution in [0.15, 0.2) is 82.6 Å². The smallest absolute Gasteiger partial charge is 0.263 e. The second-order valence-electron chi connectivity index (χ2n) is 7.70. The van der Waals surface area contributed by atoms with Gasteiger partial charge in [0, 0.05) is 23.1 Å². The van der Waals surface area contributed by atoms with Crippen molar-refractivity contribution in [2.24, 2.45) is 0 Å². The topological polar surface area (TPSA) is 61.2 Å². The highest BCUT2D eigenvalue weighted by Crippen LogP contribution is 2.32. The van der Waals surface area contributed by atoms with Crippen LogP contribution in [0.2, 0.25) is 0 Å². The number of allylic oxidation sites excluding steroid dienone is 1. The van der Waals surface area contributed by atoms with Crippen molar-refractivity contribution >= 4 is 39.1 Å². The third kappa shape index (κ3) is 5.10. The summed E-state index contributed by atoms with van der Waals surface area (Å²) in [6.07, 6.45) is 1.74. The van der Waals surface area contributed by atoms with Gasteiger partial charge in [0.1, 0.15) is 10.6 Å². The Morgan fingerprint density at radius 2 is 1.91 bits per heavy atom. The van der Waals surface area contributed by atoms with Gasteiger partial charge in [-0.25, -0.2) is 4.98 Å². The van der Waals surface area contributed by atoms with Crippen LogP contribution >= 0.6 is 23.1 Å². The van der Waals surface area contributed by atoms with Gasteiger partial charge in [-0.3, -0.25) is 14.2 Å². The summed E-state index contributed by atoms with van der Waals surface area (Å²) in [6.45, 7) is 8.02. The number of carbonyl (C=O) groups excluding carboxylic acids is 1. The SMILES string of the molecule is C=CCn1c(SCC(=O)c2ccc(OC(C)C)cc2)nc2scc(-c3ccccc3)c2c1=O. The van der Waals surface area contributed by atoms with E-state index < -0.39 is 0 Å². The van der Waals surface area contributed by atoms with Crippen LogP contribution in [0.5, 0.6) is 5.75 Å². The van der Waals surface area contributed by atoms with Gasteiger partial charge in [-0.1, -0.05) is 48.2 Å². The highest BCUT2D eigenvalue weighted by atomic mass is 32.2. The van der Waals surface area contributed by atoms with Crippen LogP contribution in [0.3, 0.4) is 0 Å². The molecule has 0 aliphatic carbocycles. The van der Waals surface area contributed by atoms with Gasteiger partial charge in [0.05, 0.1) is 17.2 Å². The van der Waals surface area contributed by atoms with E-state index in [4.69, 9.17) is 9.72 Å². The molecule has 0 aliphatic heterocycles. The molecule has 0 N–H and O–H groups in total. The van der Waals surface area contributed by atoms with Crippen molar-refractivity contribution in [3.8, 4) is 16.9 Å². The Bertz CT molecular complexity index is 1340. The molecule has 0 bridgehead atoms. The first kappa shape index (κ1) is 23.0. The average Bonchev–Trinajstić information content (AvgIpc) is 3.24. The van der Waals surface area contributed by atoms with Gasteiger partial charge in [-0.05, 0) is 43.7 Å². The van der Waals surface area contributed by atoms with Gasteiger partial charge < -0.3 is 4.74 Å². The third-order valence-corrected chi connectivity index (χ3v) is 6.78. The molecule has 0 aliphatic rings. The van der Waals surface area contributed by atoms with E-state index in [1.165, 1.54) is 23.1 Å². The zero-order valence-electron chi connectivity index (χ0n) is 18.5. The monoisotopic (exact) mass is 476 g/mol. The maximum absolute atomic E-state index is 13.4. The fourth-order valence-corrected chi connectivity index (χ4v) is 5.33. The fourth-order valence-electron chi connectivity index (χ4n) is 3.44. The predicted molar refractivity (Wildman–Crippen MR) is 137 cm³/mol. The van der Waals surface area contributed by atoms with Gasteiger partial charge in [-0.2, -0.15) is 0 Å². The molecule has 0 saturated heterocycles. The summed E-state index contributed by atoms with van der Waals surface area (Å²) >= 11 is 2.71. The number of fused-ring (bicyclic) bond motifs is 1. The van der Waals surface area contributed by atoms with Crippen LogP contribution in [0.25, 0.3) is 21.3 Å². The van der Waals surface area contributed by atoms with E-state index in [-0.39, 0.29) is 23.2 Å². The van der Waals surface area contributed by atoms with E-state index >= 15 is 0 Å². The number of ketones is 1. The molecule has 5 nitrogen and oxygen atoms in total. The molecule has 0 fully saturated rings. The fraction of sp³-hybridized carbons (Fsp3) is 0.192. The number of ether oxygens (including phenoxy) is 1. The lowest BCUT2D eigenvalue weighted by Gasteiger charge is -2.11. The second-order valence-corrected chi connectivity index (χ2v) is 9.50. The number of benzene rings is 2. The Morgan fingerprint density at radius 1 is 1.18 bits per heavy atom. The Morgan fingerprint density at radius 3 is 2.58 bits per heavy atom. The number of rotatable bonds is 9. The minimum atomic E-state index is -0.120. The first-order valence-corrected chi connectivity index (χ1v) is 12.5. The Labute approximate surface area is 200 Å². The third-order valence-electron chi connectivity index (χ3n) is 4.94. The summed E-state index contributed by atoms with van der Waals surface area (Å²) in [5, 5.41) is 3.08. The lowest BCUT2D eigenvalue weighted by atomic mass is 10.1. The lowest BCUT2D eigenvalue weighted by Crippen LogP contribution is -2.23. The van der Waals surface area contributed by atoms with E-state index in [1.807, 2.05) is 49.6 Å². The van der Waals surface area contributed by atoms with Gasteiger partial charge in [0.25, 0.3) is 5.56 Å². The molecule has 7 heteroatoms. The molecule has 4 rings (SSSR count). The molecule has 0 spiro atoms. The molecule has 33 heavy (non-hydrogen) atoms. The number of aromatic nitrogens is 2. The molecule has 2 heterocycles. The molecule has 0 radical (unpaired) electrons. The Hall–Kier alpha value is -3.16. The van der Waals surface area contributed by atoms with Crippen LogP contribution in [-0.4, -0.2) is 27.2 Å². The van der Waals surface area contributed by atoms with Crippen LogP contribution in [0.1, 0.15) is 24.2 Å². The second kappa shape index (κ2) is 10.2. The number of hydrogen-bond donors (Lipinski definition) is 0. The molecule has 0 amide bonds. The van der Waals surface area contributed by atoms with E-state index in [9.17, 15) is 9.59 Å². The summed E-state index contributed by atoms with van der Waals surface area (Å²) in [4.78, 5) is 31.6. The number of hydrogen-bond acceptors (Lipinski definition) is 6. The highest BCUT2D eigenvalue weighted by molar-refractivity contribution is 7.99. The Kier molecular flexibility index (Phi) is 7.11. The number of carbonyl (C=O) groups is 1. The van der Waals surface area contributed by atoms with Gasteiger partial charge in [0.15, 0.2) is 10.9 Å². The number of nitrogens with zero attached hydrogens (tertiary/aromatic N) is 2. The molecular formula is C26H24N2O3S2. The van der Waals surface area contributed by atoms with Gasteiger partial charge in [-0.15, -0.1) is 17.9 Å². The quantitative estimate of drug-likeness (QED) is 0.127. The summed E-state index contributed by atoms with van der Waals surface area (Å²) in [5.74, 6) is 0.871. The average molecular weight is 477 g/mol. The predicted octanol–water partition coefficient (Wildman–Crippen LogP) is 6.07. The number of thiophene rings is 1. The molecule has 0 saturated carbocycles. The van der Waals surface area contributed by atoms with E-state index in [0.29, 0.717) is 27.5 Å². The number of Topliss-reactive ketones (excluding diaryl/α,β-unsaturated/α-hetero) is 1. The molecular weight excluding hydrogens is 452 g/mol. The minimum absolute atomic E-state index is 0.0354. The maximum atomic E-state index is 13.4. The minimum Gasteiger partial charge on any atom is -0.491 e. The zero-order valence-corrected chi connectivity index (χ0v) is 20.1. The molecule has 0 atom stereocenters. The van der Waals surface area contributed by atoms with Gasteiger partial charge >= 0.3 is 0 Å². The lowest BCUT2D eigenvalue weighted by molar-refractivity contribution is 0.102. The summed E-state index contributed by atoms with van der Waals surface area (Å²) < 4.78 is 7.23. The summed E-state index contributed by atoms with van der Waals surface area (Å²) in [6, 6.07) is 16.9. The maximum Gasteiger partial charge on any atom is 0.263 e. The molecule has 4 aromatic rings. The van der Waals surface area contributed by atoms with Crippen molar-refractivity contribution in [1.82, 2.24) is 9.55 Å². The van der Waals surface area contributed by atoms with Crippen LogP contribution < -0.4 is 10.3 Å². The van der Waals surface area contributed by atoms with E-state index in [2.05, 4.69) is 6.58 Å². The van der Waals surface area contributed by atoms with Crippen molar-refractivity contribution in [3.63, 3.8) is 0 Å². The van der Waals surface area contributed by atoms with E-state index in [0.717, 1.165) is 16.9 Å². The van der Waals surface area contributed by atoms with Crippen molar-refractivity contribution in [2.75, 3.05) is 5.75 Å². The van der Waals surface area contributed by atoms with Crippen molar-refractivity contribution in [3.05, 3.63) is 88.5 Å². The Balaban J connectivity index is 1.61. The largest absolute Gasteiger partial charge is 0.491 e. The molecule has 2 aromatic carbocycles. The first-order chi connectivity index (χ1) is 16.0. The molecule has 0 unspecified atom stereocenters. The van der Waals surface area contributed by atoms with Gasteiger partial charge in [0.2, 0.25) is 0 Å². The van der Waals surface area contributed by atoms with Crippen LogP contribution in [0, 0.1) is 0 Å². The standard InChI is InChI=1S/C26H24N2O3S2/c1-4-14-28-25(30)23-21(18-8-6-5-7-9-18)15-32-24(23)27-26(28)33-16-22(29)19-10-12-20(13-11-19)31-17(2)3/h4-13,15,17H,1,14,16H2,2-3H3. The number of thioether (sulfide) groups is 1. The van der Waals surface area contributed by atoms with Crippen LogP contribution in [-0.2, 0) is 6.54 Å².